The average Bonchev–Trinajstić information content (AvgIpc) is 2.90. The zero-order valence-corrected chi connectivity index (χ0v) is 11.5. The predicted molar refractivity (Wildman–Crippen MR) is 72.5 cm³/mol. The van der Waals surface area contributed by atoms with E-state index < -0.39 is 0 Å². The summed E-state index contributed by atoms with van der Waals surface area (Å²) in [4.78, 5) is 14.4. The number of piperazine rings is 1. The molecular formula is C13H26N4O. The maximum absolute atomic E-state index is 12.0. The van der Waals surface area contributed by atoms with Crippen LogP contribution in [0.4, 0.5) is 0 Å². The van der Waals surface area contributed by atoms with Crippen molar-refractivity contribution in [2.24, 2.45) is 0 Å². The Kier molecular flexibility index (Phi) is 4.97. The van der Waals surface area contributed by atoms with Crippen LogP contribution in [0.5, 0.6) is 0 Å². The lowest BCUT2D eigenvalue weighted by molar-refractivity contribution is -0.123. The summed E-state index contributed by atoms with van der Waals surface area (Å²) < 4.78 is 0. The van der Waals surface area contributed by atoms with Crippen LogP contribution in [-0.4, -0.2) is 61.7 Å². The molecule has 3 unspecified atom stereocenters. The van der Waals surface area contributed by atoms with Crippen LogP contribution in [0.15, 0.2) is 0 Å². The van der Waals surface area contributed by atoms with E-state index in [0.29, 0.717) is 12.1 Å². The largest absolute Gasteiger partial charge is 0.353 e. The molecule has 2 aliphatic rings. The van der Waals surface area contributed by atoms with Crippen molar-refractivity contribution in [1.82, 2.24) is 20.9 Å². The molecule has 2 heterocycles. The number of rotatable bonds is 4. The van der Waals surface area contributed by atoms with Gasteiger partial charge in [0.2, 0.25) is 5.91 Å². The van der Waals surface area contributed by atoms with Crippen LogP contribution in [0.1, 0.15) is 26.7 Å². The molecule has 0 aromatic rings. The fourth-order valence-electron chi connectivity index (χ4n) is 2.65. The molecular weight excluding hydrogens is 228 g/mol. The van der Waals surface area contributed by atoms with Gasteiger partial charge in [-0.2, -0.15) is 0 Å². The van der Waals surface area contributed by atoms with Gasteiger partial charge in [-0.3, -0.25) is 9.69 Å². The van der Waals surface area contributed by atoms with Gasteiger partial charge in [0.1, 0.15) is 0 Å². The second kappa shape index (κ2) is 6.50. The molecule has 2 fully saturated rings. The van der Waals surface area contributed by atoms with Gasteiger partial charge >= 0.3 is 0 Å². The summed E-state index contributed by atoms with van der Waals surface area (Å²) in [7, 11) is 0. The monoisotopic (exact) mass is 254 g/mol. The van der Waals surface area contributed by atoms with Crippen molar-refractivity contribution in [1.29, 1.82) is 0 Å². The maximum Gasteiger partial charge on any atom is 0.238 e. The number of carbonyl (C=O) groups is 1. The van der Waals surface area contributed by atoms with Crippen LogP contribution in [0.2, 0.25) is 0 Å². The van der Waals surface area contributed by atoms with E-state index in [9.17, 15) is 4.79 Å². The molecule has 104 valence electrons. The summed E-state index contributed by atoms with van der Waals surface area (Å²) >= 11 is 0. The number of carbonyl (C=O) groups excluding carboxylic acids is 1. The Morgan fingerprint density at radius 1 is 1.33 bits per heavy atom. The smallest absolute Gasteiger partial charge is 0.238 e. The standard InChI is InChI=1S/C13H26N4O/c1-10-7-15-12(9-14-10)13(18)16-8-11(2)17-5-3-4-6-17/h10-12,14-15H,3-9H2,1-2H3,(H,16,18). The van der Waals surface area contributed by atoms with Gasteiger partial charge in [-0.1, -0.05) is 0 Å². The molecule has 3 N–H and O–H groups in total. The first kappa shape index (κ1) is 13.8. The second-order valence-corrected chi connectivity index (χ2v) is 5.61. The minimum absolute atomic E-state index is 0.0769. The lowest BCUT2D eigenvalue weighted by Crippen LogP contribution is -2.59. The van der Waals surface area contributed by atoms with Crippen molar-refractivity contribution >= 4 is 5.91 Å². The van der Waals surface area contributed by atoms with Gasteiger partial charge in [-0.25, -0.2) is 0 Å². The van der Waals surface area contributed by atoms with Crippen molar-refractivity contribution in [3.63, 3.8) is 0 Å². The molecule has 5 heteroatoms. The van der Waals surface area contributed by atoms with Crippen molar-refractivity contribution in [2.45, 2.75) is 44.8 Å². The minimum atomic E-state index is -0.0769. The van der Waals surface area contributed by atoms with Gasteiger partial charge in [-0.05, 0) is 39.8 Å². The second-order valence-electron chi connectivity index (χ2n) is 5.61. The third kappa shape index (κ3) is 3.67. The molecule has 0 aromatic carbocycles. The van der Waals surface area contributed by atoms with Crippen LogP contribution < -0.4 is 16.0 Å². The van der Waals surface area contributed by atoms with Gasteiger partial charge in [-0.15, -0.1) is 0 Å². The lowest BCUT2D eigenvalue weighted by Gasteiger charge is -2.29. The van der Waals surface area contributed by atoms with Crippen molar-refractivity contribution < 1.29 is 4.79 Å². The molecule has 2 saturated heterocycles. The molecule has 0 aromatic heterocycles. The number of hydrogen-bond acceptors (Lipinski definition) is 4. The Morgan fingerprint density at radius 3 is 2.67 bits per heavy atom. The quantitative estimate of drug-likeness (QED) is 0.635. The number of nitrogens with zero attached hydrogens (tertiary/aromatic N) is 1. The Labute approximate surface area is 110 Å². The van der Waals surface area contributed by atoms with Crippen LogP contribution in [0.3, 0.4) is 0 Å². The van der Waals surface area contributed by atoms with Crippen LogP contribution in [0.25, 0.3) is 0 Å². The normalized spacial score (nSPS) is 31.2. The van der Waals surface area contributed by atoms with E-state index in [-0.39, 0.29) is 11.9 Å². The first-order chi connectivity index (χ1) is 8.66. The predicted octanol–water partition coefficient (Wildman–Crippen LogP) is -0.463. The van der Waals surface area contributed by atoms with Gasteiger partial charge < -0.3 is 16.0 Å². The molecule has 18 heavy (non-hydrogen) atoms. The molecule has 0 saturated carbocycles. The highest BCUT2D eigenvalue weighted by Crippen LogP contribution is 2.10. The first-order valence-corrected chi connectivity index (χ1v) is 7.15. The fourth-order valence-corrected chi connectivity index (χ4v) is 2.65. The van der Waals surface area contributed by atoms with E-state index in [4.69, 9.17) is 0 Å². The van der Waals surface area contributed by atoms with Crippen LogP contribution >= 0.6 is 0 Å². The molecule has 0 bridgehead atoms. The van der Waals surface area contributed by atoms with Crippen molar-refractivity contribution in [3.8, 4) is 0 Å². The molecule has 0 radical (unpaired) electrons. The Bertz CT molecular complexity index is 270. The van der Waals surface area contributed by atoms with E-state index in [2.05, 4.69) is 34.7 Å². The number of nitrogens with one attached hydrogen (secondary N) is 3. The zero-order valence-electron chi connectivity index (χ0n) is 11.5. The molecule has 0 spiro atoms. The third-order valence-electron chi connectivity index (χ3n) is 3.99. The summed E-state index contributed by atoms with van der Waals surface area (Å²) in [5.74, 6) is 0.125. The highest BCUT2D eigenvalue weighted by Gasteiger charge is 2.24. The Hall–Kier alpha value is -0.650. The number of likely N-dealkylation sites (tertiary alicyclic amines) is 1. The molecule has 1 amide bonds. The minimum Gasteiger partial charge on any atom is -0.353 e. The van der Waals surface area contributed by atoms with E-state index >= 15 is 0 Å². The third-order valence-corrected chi connectivity index (χ3v) is 3.99. The van der Waals surface area contributed by atoms with E-state index in [1.807, 2.05) is 0 Å². The zero-order chi connectivity index (χ0) is 13.0. The van der Waals surface area contributed by atoms with E-state index in [1.54, 1.807) is 0 Å². The SMILES string of the molecule is CC1CNC(C(=O)NCC(C)N2CCCC2)CN1. The highest BCUT2D eigenvalue weighted by molar-refractivity contribution is 5.82. The van der Waals surface area contributed by atoms with Crippen LogP contribution in [-0.2, 0) is 4.79 Å². The van der Waals surface area contributed by atoms with Crippen LogP contribution in [0, 0.1) is 0 Å². The topological polar surface area (TPSA) is 56.4 Å². The summed E-state index contributed by atoms with van der Waals surface area (Å²) in [6.07, 6.45) is 2.59. The van der Waals surface area contributed by atoms with Gasteiger partial charge in [0.15, 0.2) is 0 Å². The van der Waals surface area contributed by atoms with Crippen molar-refractivity contribution in [3.05, 3.63) is 0 Å². The fraction of sp³-hybridized carbons (Fsp3) is 0.923. The maximum atomic E-state index is 12.0. The molecule has 3 atom stereocenters. The van der Waals surface area contributed by atoms with Crippen molar-refractivity contribution in [2.75, 3.05) is 32.7 Å². The molecule has 2 aliphatic heterocycles. The van der Waals surface area contributed by atoms with Gasteiger partial charge in [0, 0.05) is 31.7 Å². The Balaban J connectivity index is 1.67. The summed E-state index contributed by atoms with van der Waals surface area (Å²) in [6.45, 7) is 9.02. The van der Waals surface area contributed by atoms with Gasteiger partial charge in [0.25, 0.3) is 0 Å². The average molecular weight is 254 g/mol. The number of amides is 1. The van der Waals surface area contributed by atoms with E-state index in [0.717, 1.165) is 19.6 Å². The summed E-state index contributed by atoms with van der Waals surface area (Å²) in [5, 5.41) is 9.66. The van der Waals surface area contributed by atoms with E-state index in [1.165, 1.54) is 25.9 Å². The first-order valence-electron chi connectivity index (χ1n) is 7.15. The molecule has 2 rings (SSSR count). The number of hydrogen-bond donors (Lipinski definition) is 3. The Morgan fingerprint density at radius 2 is 2.06 bits per heavy atom. The molecule has 0 aliphatic carbocycles. The summed E-state index contributed by atoms with van der Waals surface area (Å²) in [5.41, 5.74) is 0. The van der Waals surface area contributed by atoms with Gasteiger partial charge in [0.05, 0.1) is 6.04 Å². The highest BCUT2D eigenvalue weighted by atomic mass is 16.2. The summed E-state index contributed by atoms with van der Waals surface area (Å²) in [6, 6.07) is 0.830. The lowest BCUT2D eigenvalue weighted by atomic mass is 10.1. The molecule has 5 nitrogen and oxygen atoms in total.